The minimum atomic E-state index is -0.249. The lowest BCUT2D eigenvalue weighted by atomic mass is 10.0. The van der Waals surface area contributed by atoms with E-state index < -0.39 is 0 Å². The van der Waals surface area contributed by atoms with Gasteiger partial charge in [-0.1, -0.05) is 35.6 Å². The molecule has 5 rings (SSSR count). The van der Waals surface area contributed by atoms with E-state index >= 15 is 0 Å². The molecule has 142 valence electrons. The Labute approximate surface area is 166 Å². The number of nitrogens with zero attached hydrogens (tertiary/aromatic N) is 4. The van der Waals surface area contributed by atoms with Crippen LogP contribution in [0.3, 0.4) is 0 Å². The number of ether oxygens (including phenoxy) is 1. The van der Waals surface area contributed by atoms with Crippen molar-refractivity contribution < 1.29 is 9.13 Å². The van der Waals surface area contributed by atoms with Crippen LogP contribution in [0.5, 0.6) is 0 Å². The van der Waals surface area contributed by atoms with Crippen molar-refractivity contribution in [3.63, 3.8) is 0 Å². The second kappa shape index (κ2) is 7.00. The van der Waals surface area contributed by atoms with Crippen LogP contribution in [-0.2, 0) is 4.74 Å². The molecule has 0 spiro atoms. The second-order valence-corrected chi connectivity index (χ2v) is 7.84. The molecule has 1 saturated heterocycles. The van der Waals surface area contributed by atoms with E-state index in [2.05, 4.69) is 35.0 Å². The highest BCUT2D eigenvalue weighted by Gasteiger charge is 2.25. The number of aromatic nitrogens is 3. The number of imidazole rings is 1. The average molecular weight is 394 g/mol. The minimum Gasteiger partial charge on any atom is -0.370 e. The van der Waals surface area contributed by atoms with Crippen LogP contribution in [0.1, 0.15) is 17.2 Å². The van der Waals surface area contributed by atoms with Gasteiger partial charge in [0.15, 0.2) is 0 Å². The summed E-state index contributed by atoms with van der Waals surface area (Å²) in [6, 6.07) is 14.7. The Hall–Kier alpha value is -2.77. The van der Waals surface area contributed by atoms with Gasteiger partial charge in [-0.2, -0.15) is 0 Å². The molecule has 0 saturated carbocycles. The van der Waals surface area contributed by atoms with Gasteiger partial charge in [-0.3, -0.25) is 0 Å². The summed E-state index contributed by atoms with van der Waals surface area (Å²) in [5, 5.41) is 5.66. The zero-order valence-corrected chi connectivity index (χ0v) is 16.2. The Balaban J connectivity index is 1.39. The summed E-state index contributed by atoms with van der Waals surface area (Å²) < 4.78 is 21.0. The first-order valence-electron chi connectivity index (χ1n) is 9.21. The van der Waals surface area contributed by atoms with E-state index in [0.29, 0.717) is 6.61 Å². The predicted molar refractivity (Wildman–Crippen MR) is 108 cm³/mol. The summed E-state index contributed by atoms with van der Waals surface area (Å²) in [4.78, 5) is 7.75. The van der Waals surface area contributed by atoms with E-state index in [0.717, 1.165) is 34.4 Å². The van der Waals surface area contributed by atoms with Gasteiger partial charge >= 0.3 is 0 Å². The van der Waals surface area contributed by atoms with Gasteiger partial charge in [0.05, 0.1) is 25.0 Å². The molecule has 1 aliphatic heterocycles. The van der Waals surface area contributed by atoms with Crippen LogP contribution in [0, 0.1) is 12.7 Å². The molecule has 1 atom stereocenters. The normalized spacial score (nSPS) is 17.4. The molecule has 1 aliphatic rings. The fraction of sp³-hybridized carbons (Fsp3) is 0.238. The number of anilines is 1. The number of halogens is 1. The molecule has 4 aromatic rings. The first kappa shape index (κ1) is 17.3. The summed E-state index contributed by atoms with van der Waals surface area (Å²) in [6.45, 7) is 4.37. The quantitative estimate of drug-likeness (QED) is 0.514. The lowest BCUT2D eigenvalue weighted by molar-refractivity contribution is 0.0393. The van der Waals surface area contributed by atoms with Crippen LogP contribution in [-0.4, -0.2) is 34.3 Å². The van der Waals surface area contributed by atoms with Gasteiger partial charge in [0.1, 0.15) is 11.9 Å². The summed E-state index contributed by atoms with van der Waals surface area (Å²) in [5.74, 6) is -0.249. The van der Waals surface area contributed by atoms with E-state index in [1.165, 1.54) is 23.3 Å². The van der Waals surface area contributed by atoms with Gasteiger partial charge in [-0.25, -0.2) is 13.9 Å². The van der Waals surface area contributed by atoms with Crippen molar-refractivity contribution in [2.45, 2.75) is 13.0 Å². The van der Waals surface area contributed by atoms with Crippen molar-refractivity contribution in [1.82, 2.24) is 14.6 Å². The van der Waals surface area contributed by atoms with E-state index in [1.54, 1.807) is 28.0 Å². The Bertz CT molecular complexity index is 1090. The SMILES string of the molecule is Cc1ccccc1C1CN(c2nn3cc(-c4ccc(F)cc4)nc3s2)CCO1. The molecule has 1 fully saturated rings. The number of morpholine rings is 1. The van der Waals surface area contributed by atoms with Crippen LogP contribution >= 0.6 is 11.3 Å². The summed E-state index contributed by atoms with van der Waals surface area (Å²) >= 11 is 1.56. The molecule has 0 radical (unpaired) electrons. The minimum absolute atomic E-state index is 0.0425. The number of aryl methyl sites for hydroxylation is 1. The molecule has 0 N–H and O–H groups in total. The molecule has 0 aliphatic carbocycles. The van der Waals surface area contributed by atoms with E-state index in [-0.39, 0.29) is 11.9 Å². The highest BCUT2D eigenvalue weighted by atomic mass is 32.1. The van der Waals surface area contributed by atoms with Gasteiger partial charge in [-0.05, 0) is 42.3 Å². The summed E-state index contributed by atoms with van der Waals surface area (Å²) in [5.41, 5.74) is 4.15. The van der Waals surface area contributed by atoms with Crippen molar-refractivity contribution in [1.29, 1.82) is 0 Å². The third kappa shape index (κ3) is 3.16. The first-order chi connectivity index (χ1) is 13.7. The van der Waals surface area contributed by atoms with E-state index in [1.807, 2.05) is 12.3 Å². The standard InChI is InChI=1S/C21H19FN4OS/c1-14-4-2-3-5-17(14)19-13-25(10-11-27-19)21-24-26-12-18(23-20(26)28-21)15-6-8-16(22)9-7-15/h2-9,12,19H,10-11,13H2,1H3. The van der Waals surface area contributed by atoms with E-state index in [4.69, 9.17) is 9.84 Å². The Morgan fingerprint density at radius 1 is 1.14 bits per heavy atom. The topological polar surface area (TPSA) is 42.7 Å². The zero-order chi connectivity index (χ0) is 19.1. The van der Waals surface area contributed by atoms with Crippen molar-refractivity contribution in [2.75, 3.05) is 24.6 Å². The molecule has 7 heteroatoms. The molecular formula is C21H19FN4OS. The highest BCUT2D eigenvalue weighted by Crippen LogP contribution is 2.31. The monoisotopic (exact) mass is 394 g/mol. The van der Waals surface area contributed by atoms with Crippen molar-refractivity contribution in [3.8, 4) is 11.3 Å². The summed E-state index contributed by atoms with van der Waals surface area (Å²) in [6.07, 6.45) is 1.93. The largest absolute Gasteiger partial charge is 0.370 e. The molecule has 0 amide bonds. The van der Waals surface area contributed by atoms with Crippen molar-refractivity contribution >= 4 is 21.4 Å². The predicted octanol–water partition coefficient (Wildman–Crippen LogP) is 4.48. The number of hydrogen-bond acceptors (Lipinski definition) is 5. The van der Waals surface area contributed by atoms with Gasteiger partial charge in [0, 0.05) is 12.1 Å². The van der Waals surface area contributed by atoms with Gasteiger partial charge in [0.25, 0.3) is 0 Å². The molecular weight excluding hydrogens is 375 g/mol. The third-order valence-electron chi connectivity index (χ3n) is 5.04. The maximum Gasteiger partial charge on any atom is 0.214 e. The number of rotatable bonds is 3. The van der Waals surface area contributed by atoms with Crippen molar-refractivity contribution in [2.24, 2.45) is 0 Å². The Morgan fingerprint density at radius 2 is 1.96 bits per heavy atom. The fourth-order valence-electron chi connectivity index (χ4n) is 3.54. The van der Waals surface area contributed by atoms with Crippen LogP contribution < -0.4 is 4.90 Å². The fourth-order valence-corrected chi connectivity index (χ4v) is 4.45. The second-order valence-electron chi connectivity index (χ2n) is 6.91. The van der Waals surface area contributed by atoms with Gasteiger partial charge in [-0.15, -0.1) is 5.10 Å². The van der Waals surface area contributed by atoms with Crippen LogP contribution in [0.2, 0.25) is 0 Å². The van der Waals surface area contributed by atoms with Crippen LogP contribution in [0.15, 0.2) is 54.7 Å². The maximum atomic E-state index is 13.1. The number of fused-ring (bicyclic) bond motifs is 1. The Morgan fingerprint density at radius 3 is 2.75 bits per heavy atom. The van der Waals surface area contributed by atoms with Crippen LogP contribution in [0.25, 0.3) is 16.2 Å². The third-order valence-corrected chi connectivity index (χ3v) is 6.03. The molecule has 3 heterocycles. The lowest BCUT2D eigenvalue weighted by Gasteiger charge is -2.33. The van der Waals surface area contributed by atoms with Crippen molar-refractivity contribution in [3.05, 3.63) is 71.7 Å². The maximum absolute atomic E-state index is 13.1. The summed E-state index contributed by atoms with van der Waals surface area (Å²) in [7, 11) is 0. The molecule has 1 unspecified atom stereocenters. The van der Waals surface area contributed by atoms with Gasteiger partial charge < -0.3 is 9.64 Å². The molecule has 2 aromatic carbocycles. The molecule has 28 heavy (non-hydrogen) atoms. The highest BCUT2D eigenvalue weighted by molar-refractivity contribution is 7.20. The first-order valence-corrected chi connectivity index (χ1v) is 10.0. The number of hydrogen-bond donors (Lipinski definition) is 0. The van der Waals surface area contributed by atoms with Crippen LogP contribution in [0.4, 0.5) is 9.52 Å². The average Bonchev–Trinajstić information content (AvgIpc) is 3.28. The number of benzene rings is 2. The molecule has 0 bridgehead atoms. The smallest absolute Gasteiger partial charge is 0.214 e. The molecule has 2 aromatic heterocycles. The lowest BCUT2D eigenvalue weighted by Crippen LogP contribution is -2.38. The zero-order valence-electron chi connectivity index (χ0n) is 15.4. The van der Waals surface area contributed by atoms with Gasteiger partial charge in [0.2, 0.25) is 10.1 Å². The Kier molecular flexibility index (Phi) is 4.33. The van der Waals surface area contributed by atoms with E-state index in [9.17, 15) is 4.39 Å². The molecule has 5 nitrogen and oxygen atoms in total.